The van der Waals surface area contributed by atoms with Crippen molar-refractivity contribution in [2.75, 3.05) is 13.7 Å². The first-order chi connectivity index (χ1) is 13.3. The summed E-state index contributed by atoms with van der Waals surface area (Å²) in [5, 5.41) is 0. The second-order valence-electron chi connectivity index (χ2n) is 6.48. The Morgan fingerprint density at radius 2 is 1.93 bits per heavy atom. The summed E-state index contributed by atoms with van der Waals surface area (Å²) in [6.45, 7) is 1.84. The second kappa shape index (κ2) is 8.14. The Morgan fingerprint density at radius 1 is 1.07 bits per heavy atom. The summed E-state index contributed by atoms with van der Waals surface area (Å²) in [5.41, 5.74) is 2.00. The lowest BCUT2D eigenvalue weighted by atomic mass is 10.1. The van der Waals surface area contributed by atoms with Gasteiger partial charge in [-0.3, -0.25) is 14.9 Å². The van der Waals surface area contributed by atoms with Gasteiger partial charge in [0, 0.05) is 12.7 Å². The number of hydrogen-bond acceptors (Lipinski definition) is 6. The molecule has 3 heterocycles. The van der Waals surface area contributed by atoms with E-state index in [4.69, 9.17) is 14.5 Å². The van der Waals surface area contributed by atoms with Crippen molar-refractivity contribution in [2.45, 2.75) is 25.4 Å². The summed E-state index contributed by atoms with van der Waals surface area (Å²) in [7, 11) is 1.62. The lowest BCUT2D eigenvalue weighted by Crippen LogP contribution is -2.24. The van der Waals surface area contributed by atoms with Crippen molar-refractivity contribution in [2.24, 2.45) is 0 Å². The fourth-order valence-electron chi connectivity index (χ4n) is 3.44. The average Bonchev–Trinajstić information content (AvgIpc) is 3.17. The topological polar surface area (TPSA) is 60.4 Å². The molecule has 3 aromatic rings. The van der Waals surface area contributed by atoms with E-state index in [1.807, 2.05) is 48.8 Å². The molecule has 1 atom stereocenters. The Balaban J connectivity index is 1.53. The smallest absolute Gasteiger partial charge is 0.238 e. The minimum atomic E-state index is 0.223. The Bertz CT molecular complexity index is 888. The highest BCUT2D eigenvalue weighted by Gasteiger charge is 2.28. The van der Waals surface area contributed by atoms with E-state index in [9.17, 15) is 0 Å². The molecule has 0 bridgehead atoms. The van der Waals surface area contributed by atoms with Gasteiger partial charge < -0.3 is 9.47 Å². The van der Waals surface area contributed by atoms with Gasteiger partial charge in [0.2, 0.25) is 5.88 Å². The van der Waals surface area contributed by atoms with Crippen LogP contribution in [0.4, 0.5) is 0 Å². The van der Waals surface area contributed by atoms with Crippen LogP contribution in [-0.4, -0.2) is 33.5 Å². The lowest BCUT2D eigenvalue weighted by Gasteiger charge is -2.23. The second-order valence-corrected chi connectivity index (χ2v) is 6.48. The molecular weight excluding hydrogens is 340 g/mol. The number of nitrogens with zero attached hydrogens (tertiary/aromatic N) is 4. The van der Waals surface area contributed by atoms with E-state index in [1.165, 1.54) is 0 Å². The van der Waals surface area contributed by atoms with Crippen molar-refractivity contribution in [1.29, 1.82) is 0 Å². The van der Waals surface area contributed by atoms with Crippen LogP contribution in [0, 0.1) is 0 Å². The quantitative estimate of drug-likeness (QED) is 0.660. The highest BCUT2D eigenvalue weighted by molar-refractivity contribution is 5.41. The Hall–Kier alpha value is -2.99. The monoisotopic (exact) mass is 362 g/mol. The Morgan fingerprint density at radius 3 is 2.74 bits per heavy atom. The first-order valence-electron chi connectivity index (χ1n) is 9.10. The standard InChI is InChI=1S/C21H22N4O2/c1-26-19-9-2-3-10-20(19)27-21-14-22-13-17(24-21)18-8-6-12-25(18)15-16-7-4-5-11-23-16/h2-5,7,9-11,13-14,18H,6,8,12,15H2,1H3. The molecule has 0 aliphatic carbocycles. The van der Waals surface area contributed by atoms with Crippen molar-refractivity contribution < 1.29 is 9.47 Å². The average molecular weight is 362 g/mol. The number of benzene rings is 1. The van der Waals surface area contributed by atoms with Crippen LogP contribution in [0.25, 0.3) is 0 Å². The maximum atomic E-state index is 5.92. The van der Waals surface area contributed by atoms with E-state index in [0.29, 0.717) is 17.4 Å². The van der Waals surface area contributed by atoms with Gasteiger partial charge in [0.1, 0.15) is 0 Å². The third kappa shape index (κ3) is 4.06. The minimum absolute atomic E-state index is 0.223. The molecule has 27 heavy (non-hydrogen) atoms. The van der Waals surface area contributed by atoms with Gasteiger partial charge in [0.15, 0.2) is 11.5 Å². The lowest BCUT2D eigenvalue weighted by molar-refractivity contribution is 0.240. The van der Waals surface area contributed by atoms with Gasteiger partial charge in [-0.15, -0.1) is 0 Å². The van der Waals surface area contributed by atoms with Crippen molar-refractivity contribution in [3.63, 3.8) is 0 Å². The predicted molar refractivity (Wildman–Crippen MR) is 102 cm³/mol. The number of aromatic nitrogens is 3. The molecule has 2 aromatic heterocycles. The van der Waals surface area contributed by atoms with Crippen LogP contribution in [0.15, 0.2) is 61.1 Å². The van der Waals surface area contributed by atoms with E-state index in [1.54, 1.807) is 13.3 Å². The first-order valence-corrected chi connectivity index (χ1v) is 9.10. The Labute approximate surface area is 158 Å². The van der Waals surface area contributed by atoms with E-state index >= 15 is 0 Å². The summed E-state index contributed by atoms with van der Waals surface area (Å²) in [6.07, 6.45) is 7.49. The molecule has 138 valence electrons. The molecule has 0 N–H and O–H groups in total. The normalized spacial score (nSPS) is 17.0. The van der Waals surface area contributed by atoms with Crippen molar-refractivity contribution in [1.82, 2.24) is 19.9 Å². The van der Waals surface area contributed by atoms with Crippen molar-refractivity contribution >= 4 is 0 Å². The van der Waals surface area contributed by atoms with Gasteiger partial charge in [-0.2, -0.15) is 0 Å². The predicted octanol–water partition coefficient (Wildman–Crippen LogP) is 4.01. The number of ether oxygens (including phenoxy) is 2. The van der Waals surface area contributed by atoms with Gasteiger partial charge in [0.05, 0.1) is 36.9 Å². The fraction of sp³-hybridized carbons (Fsp3) is 0.286. The zero-order chi connectivity index (χ0) is 18.5. The maximum absolute atomic E-state index is 5.92. The fourth-order valence-corrected chi connectivity index (χ4v) is 3.44. The van der Waals surface area contributed by atoms with Gasteiger partial charge in [0.25, 0.3) is 0 Å². The largest absolute Gasteiger partial charge is 0.493 e. The van der Waals surface area contributed by atoms with Crippen LogP contribution in [0.1, 0.15) is 30.3 Å². The molecule has 1 fully saturated rings. The molecule has 0 radical (unpaired) electrons. The van der Waals surface area contributed by atoms with E-state index in [-0.39, 0.29) is 6.04 Å². The summed E-state index contributed by atoms with van der Waals surface area (Å²) >= 11 is 0. The molecule has 1 saturated heterocycles. The minimum Gasteiger partial charge on any atom is -0.493 e. The Kier molecular flexibility index (Phi) is 5.25. The van der Waals surface area contributed by atoms with Crippen LogP contribution in [-0.2, 0) is 6.54 Å². The number of likely N-dealkylation sites (tertiary alicyclic amines) is 1. The summed E-state index contributed by atoms with van der Waals surface area (Å²) in [5.74, 6) is 1.77. The van der Waals surface area contributed by atoms with Gasteiger partial charge >= 0.3 is 0 Å². The van der Waals surface area contributed by atoms with Gasteiger partial charge in [-0.25, -0.2) is 4.98 Å². The molecule has 1 aliphatic heterocycles. The van der Waals surface area contributed by atoms with Gasteiger partial charge in [-0.05, 0) is 43.7 Å². The van der Waals surface area contributed by atoms with E-state index in [2.05, 4.69) is 20.9 Å². The number of methoxy groups -OCH3 is 1. The summed E-state index contributed by atoms with van der Waals surface area (Å²) in [4.78, 5) is 15.9. The number of rotatable bonds is 6. The van der Waals surface area contributed by atoms with Crippen LogP contribution >= 0.6 is 0 Å². The van der Waals surface area contributed by atoms with Crippen LogP contribution in [0.5, 0.6) is 17.4 Å². The third-order valence-electron chi connectivity index (χ3n) is 4.71. The van der Waals surface area contributed by atoms with Gasteiger partial charge in [-0.1, -0.05) is 18.2 Å². The number of pyridine rings is 1. The molecule has 0 amide bonds. The first kappa shape index (κ1) is 17.4. The maximum Gasteiger partial charge on any atom is 0.238 e. The molecule has 6 heteroatoms. The molecule has 0 spiro atoms. The van der Waals surface area contributed by atoms with E-state index in [0.717, 1.165) is 37.3 Å². The number of hydrogen-bond donors (Lipinski definition) is 0. The zero-order valence-corrected chi connectivity index (χ0v) is 15.3. The number of para-hydroxylation sites is 2. The molecule has 1 unspecified atom stereocenters. The van der Waals surface area contributed by atoms with Crippen LogP contribution in [0.3, 0.4) is 0 Å². The van der Waals surface area contributed by atoms with Crippen molar-refractivity contribution in [3.8, 4) is 17.4 Å². The SMILES string of the molecule is COc1ccccc1Oc1cncc(C2CCCN2Cc2ccccn2)n1. The molecule has 6 nitrogen and oxygen atoms in total. The summed E-state index contributed by atoms with van der Waals surface area (Å²) < 4.78 is 11.3. The summed E-state index contributed by atoms with van der Waals surface area (Å²) in [6, 6.07) is 13.8. The molecule has 1 aliphatic rings. The van der Waals surface area contributed by atoms with E-state index < -0.39 is 0 Å². The molecular formula is C21H22N4O2. The zero-order valence-electron chi connectivity index (χ0n) is 15.3. The van der Waals surface area contributed by atoms with Crippen LogP contribution < -0.4 is 9.47 Å². The highest BCUT2D eigenvalue weighted by Crippen LogP contribution is 2.34. The highest BCUT2D eigenvalue weighted by atomic mass is 16.5. The van der Waals surface area contributed by atoms with Crippen molar-refractivity contribution in [3.05, 3.63) is 72.4 Å². The molecule has 0 saturated carbocycles. The van der Waals surface area contributed by atoms with Crippen LogP contribution in [0.2, 0.25) is 0 Å². The molecule has 4 rings (SSSR count). The third-order valence-corrected chi connectivity index (χ3v) is 4.71. The molecule has 1 aromatic carbocycles.